The Labute approximate surface area is 139 Å². The molecule has 0 radical (unpaired) electrons. The minimum absolute atomic E-state index is 0.0772. The van der Waals surface area contributed by atoms with E-state index >= 15 is 0 Å². The summed E-state index contributed by atoms with van der Waals surface area (Å²) >= 11 is 1.63. The van der Waals surface area contributed by atoms with Gasteiger partial charge in [-0.25, -0.2) is 4.98 Å². The molecule has 2 aromatic heterocycles. The van der Waals surface area contributed by atoms with Gasteiger partial charge in [-0.2, -0.15) is 26.4 Å². The van der Waals surface area contributed by atoms with E-state index in [1.807, 2.05) is 49.6 Å². The van der Waals surface area contributed by atoms with Gasteiger partial charge in [0.2, 0.25) is 0 Å². The first kappa shape index (κ1) is 15.8. The fourth-order valence-corrected chi connectivity index (χ4v) is 3.06. The van der Waals surface area contributed by atoms with Crippen LogP contribution in [0.5, 0.6) is 0 Å². The van der Waals surface area contributed by atoms with Gasteiger partial charge in [0.25, 0.3) is 5.78 Å². The first-order valence-electron chi connectivity index (χ1n) is 7.39. The lowest BCUT2D eigenvalue weighted by Gasteiger charge is -2.22. The van der Waals surface area contributed by atoms with Crippen molar-refractivity contribution >= 4 is 23.4 Å². The summed E-state index contributed by atoms with van der Waals surface area (Å²) in [5.74, 6) is 1.36. The van der Waals surface area contributed by atoms with Crippen LogP contribution in [0.1, 0.15) is 6.92 Å². The molecule has 6 nitrogen and oxygen atoms in total. The third-order valence-electron chi connectivity index (χ3n) is 3.74. The lowest BCUT2D eigenvalue weighted by Crippen LogP contribution is -2.31. The summed E-state index contributed by atoms with van der Waals surface area (Å²) in [7, 11) is 0. The Bertz CT molecular complexity index is 772. The number of rotatable bonds is 6. The SMILES string of the molecule is CSC(CO)C(C)Nc1cc(-c2ccccc2)nc2ncnn12. The predicted octanol–water partition coefficient (Wildman–Crippen LogP) is 2.32. The Morgan fingerprint density at radius 1 is 1.30 bits per heavy atom. The van der Waals surface area contributed by atoms with Crippen LogP contribution >= 0.6 is 11.8 Å². The van der Waals surface area contributed by atoms with Gasteiger partial charge >= 0.3 is 0 Å². The molecule has 3 rings (SSSR count). The minimum atomic E-state index is 0.0772. The Kier molecular flexibility index (Phi) is 4.78. The van der Waals surface area contributed by atoms with Crippen molar-refractivity contribution in [2.75, 3.05) is 18.2 Å². The van der Waals surface area contributed by atoms with Crippen LogP contribution in [0.2, 0.25) is 0 Å². The van der Waals surface area contributed by atoms with Crippen molar-refractivity contribution < 1.29 is 5.11 Å². The van der Waals surface area contributed by atoms with E-state index in [9.17, 15) is 5.11 Å². The van der Waals surface area contributed by atoms with Crippen molar-refractivity contribution in [3.63, 3.8) is 0 Å². The molecule has 0 aliphatic carbocycles. The first-order chi connectivity index (χ1) is 11.2. The Morgan fingerprint density at radius 3 is 2.78 bits per heavy atom. The highest BCUT2D eigenvalue weighted by Crippen LogP contribution is 2.23. The number of nitrogens with zero attached hydrogens (tertiary/aromatic N) is 4. The van der Waals surface area contributed by atoms with Gasteiger partial charge in [0, 0.05) is 22.9 Å². The van der Waals surface area contributed by atoms with Crippen LogP contribution in [0, 0.1) is 0 Å². The fraction of sp³-hybridized carbons (Fsp3) is 0.312. The molecule has 0 amide bonds. The molecular weight excluding hydrogens is 310 g/mol. The quantitative estimate of drug-likeness (QED) is 0.723. The zero-order valence-corrected chi connectivity index (χ0v) is 13.9. The summed E-state index contributed by atoms with van der Waals surface area (Å²) in [5.41, 5.74) is 1.86. The summed E-state index contributed by atoms with van der Waals surface area (Å²) in [6.07, 6.45) is 3.48. The second-order valence-corrected chi connectivity index (χ2v) is 6.33. The minimum Gasteiger partial charge on any atom is -0.395 e. The topological polar surface area (TPSA) is 75.3 Å². The van der Waals surface area contributed by atoms with Crippen LogP contribution in [0.3, 0.4) is 0 Å². The van der Waals surface area contributed by atoms with E-state index in [0.717, 1.165) is 17.1 Å². The fourth-order valence-electron chi connectivity index (χ4n) is 2.43. The Morgan fingerprint density at radius 2 is 2.09 bits per heavy atom. The first-order valence-corrected chi connectivity index (χ1v) is 8.68. The maximum atomic E-state index is 9.47. The van der Waals surface area contributed by atoms with Crippen molar-refractivity contribution in [3.8, 4) is 11.3 Å². The average Bonchev–Trinajstić information content (AvgIpc) is 3.05. The normalized spacial score (nSPS) is 13.9. The molecule has 0 fully saturated rings. The van der Waals surface area contributed by atoms with E-state index in [2.05, 4.69) is 20.4 Å². The van der Waals surface area contributed by atoms with Gasteiger partial charge in [0.15, 0.2) is 0 Å². The van der Waals surface area contributed by atoms with E-state index in [-0.39, 0.29) is 17.9 Å². The number of fused-ring (bicyclic) bond motifs is 1. The highest BCUT2D eigenvalue weighted by atomic mass is 32.2. The molecule has 2 N–H and O–H groups in total. The Balaban J connectivity index is 2.00. The highest BCUT2D eigenvalue weighted by molar-refractivity contribution is 7.99. The summed E-state index contributed by atoms with van der Waals surface area (Å²) in [6.45, 7) is 2.16. The maximum Gasteiger partial charge on any atom is 0.254 e. The van der Waals surface area contributed by atoms with E-state index in [4.69, 9.17) is 0 Å². The summed E-state index contributed by atoms with van der Waals surface area (Å²) < 4.78 is 1.68. The van der Waals surface area contributed by atoms with Gasteiger partial charge in [0.1, 0.15) is 12.1 Å². The van der Waals surface area contributed by atoms with Crippen molar-refractivity contribution in [3.05, 3.63) is 42.7 Å². The van der Waals surface area contributed by atoms with Crippen LogP contribution in [0.15, 0.2) is 42.7 Å². The van der Waals surface area contributed by atoms with Gasteiger partial charge < -0.3 is 10.4 Å². The number of aliphatic hydroxyl groups is 1. The average molecular weight is 329 g/mol. The van der Waals surface area contributed by atoms with Crippen molar-refractivity contribution in [1.29, 1.82) is 0 Å². The molecule has 7 heteroatoms. The van der Waals surface area contributed by atoms with E-state index < -0.39 is 0 Å². The number of nitrogens with one attached hydrogen (secondary N) is 1. The van der Waals surface area contributed by atoms with E-state index in [1.165, 1.54) is 6.33 Å². The Hall–Kier alpha value is -2.12. The van der Waals surface area contributed by atoms with Gasteiger partial charge in [-0.15, -0.1) is 0 Å². The van der Waals surface area contributed by atoms with Crippen LogP contribution in [-0.4, -0.2) is 48.8 Å². The van der Waals surface area contributed by atoms with Crippen molar-refractivity contribution in [2.45, 2.75) is 18.2 Å². The van der Waals surface area contributed by atoms with E-state index in [0.29, 0.717) is 5.78 Å². The molecule has 0 bridgehead atoms. The number of aliphatic hydroxyl groups excluding tert-OH is 1. The second kappa shape index (κ2) is 6.97. The van der Waals surface area contributed by atoms with Crippen LogP contribution < -0.4 is 5.32 Å². The maximum absolute atomic E-state index is 9.47. The van der Waals surface area contributed by atoms with Gasteiger partial charge in [-0.1, -0.05) is 30.3 Å². The lowest BCUT2D eigenvalue weighted by molar-refractivity contribution is 0.288. The van der Waals surface area contributed by atoms with Gasteiger partial charge in [-0.3, -0.25) is 0 Å². The van der Waals surface area contributed by atoms with Crippen LogP contribution in [0.4, 0.5) is 5.82 Å². The van der Waals surface area contributed by atoms with Crippen LogP contribution in [-0.2, 0) is 0 Å². The molecule has 2 heterocycles. The third-order valence-corrected chi connectivity index (χ3v) is 4.90. The molecule has 23 heavy (non-hydrogen) atoms. The third kappa shape index (κ3) is 3.30. The number of hydrogen-bond acceptors (Lipinski definition) is 6. The number of thioether (sulfide) groups is 1. The molecule has 120 valence electrons. The summed E-state index contributed by atoms with van der Waals surface area (Å²) in [6, 6.07) is 12.0. The lowest BCUT2D eigenvalue weighted by atomic mass is 10.1. The predicted molar refractivity (Wildman–Crippen MR) is 93.7 cm³/mol. The molecule has 0 aliphatic rings. The standard InChI is InChI=1S/C16H19N5OS/c1-11(14(9-22)23-2)19-15-8-13(12-6-4-3-5-7-12)20-16-17-10-18-21(15)16/h3-8,10-11,14,19,22H,9H2,1-2H3. The molecule has 2 unspecified atom stereocenters. The molecule has 2 atom stereocenters. The number of anilines is 1. The molecule has 0 saturated carbocycles. The molecule has 3 aromatic rings. The largest absolute Gasteiger partial charge is 0.395 e. The van der Waals surface area contributed by atoms with Crippen molar-refractivity contribution in [2.24, 2.45) is 0 Å². The number of benzene rings is 1. The van der Waals surface area contributed by atoms with Gasteiger partial charge in [0.05, 0.1) is 12.3 Å². The highest BCUT2D eigenvalue weighted by Gasteiger charge is 2.17. The number of aromatic nitrogens is 4. The van der Waals surface area contributed by atoms with Crippen LogP contribution in [0.25, 0.3) is 17.0 Å². The molecule has 0 spiro atoms. The number of hydrogen-bond donors (Lipinski definition) is 2. The molecule has 1 aromatic carbocycles. The molecule has 0 aliphatic heterocycles. The van der Waals surface area contributed by atoms with Crippen molar-refractivity contribution in [1.82, 2.24) is 19.6 Å². The molecular formula is C16H19N5OS. The van der Waals surface area contributed by atoms with E-state index in [1.54, 1.807) is 16.3 Å². The molecule has 0 saturated heterocycles. The monoisotopic (exact) mass is 329 g/mol. The smallest absolute Gasteiger partial charge is 0.254 e. The summed E-state index contributed by atoms with van der Waals surface area (Å²) in [5, 5.41) is 17.2. The van der Waals surface area contributed by atoms with Gasteiger partial charge in [-0.05, 0) is 13.2 Å². The zero-order valence-electron chi connectivity index (χ0n) is 13.0. The summed E-state index contributed by atoms with van der Waals surface area (Å²) in [4.78, 5) is 8.76. The zero-order chi connectivity index (χ0) is 16.2. The second-order valence-electron chi connectivity index (χ2n) is 5.25.